The fourth-order valence-corrected chi connectivity index (χ4v) is 4.93. The van der Waals surface area contributed by atoms with Crippen molar-refractivity contribution in [2.24, 2.45) is 17.1 Å². The molecule has 4 rings (SSSR count). The van der Waals surface area contributed by atoms with Crippen LogP contribution >= 0.6 is 0 Å². The van der Waals surface area contributed by atoms with Crippen LogP contribution in [-0.4, -0.2) is 30.7 Å². The van der Waals surface area contributed by atoms with Crippen molar-refractivity contribution in [2.75, 3.05) is 19.7 Å². The first kappa shape index (κ1) is 22.6. The quantitative estimate of drug-likeness (QED) is 0.747. The number of benzene rings is 2. The van der Waals surface area contributed by atoms with E-state index in [9.17, 15) is 20.6 Å². The minimum absolute atomic E-state index is 0.0378. The molecular weight excluding hydrogens is 426 g/mol. The number of carbonyl (C=O) groups excluding carboxylic acids is 1. The summed E-state index contributed by atoms with van der Waals surface area (Å²) in [4.78, 5) is 14.0. The van der Waals surface area contributed by atoms with Gasteiger partial charge in [0.1, 0.15) is 6.07 Å². The van der Waals surface area contributed by atoms with Crippen LogP contribution in [0.5, 0.6) is 0 Å². The monoisotopic (exact) mass is 449 g/mol. The molecule has 0 spiro atoms. The van der Waals surface area contributed by atoms with E-state index in [1.807, 2.05) is 54.6 Å². The van der Waals surface area contributed by atoms with Crippen molar-refractivity contribution in [1.82, 2.24) is 4.90 Å². The molecule has 0 radical (unpaired) electrons. The van der Waals surface area contributed by atoms with E-state index in [0.29, 0.717) is 5.57 Å². The molecule has 1 heterocycles. The highest BCUT2D eigenvalue weighted by Gasteiger charge is 2.54. The molecule has 1 aliphatic heterocycles. The van der Waals surface area contributed by atoms with Crippen molar-refractivity contribution >= 4 is 6.09 Å². The maximum absolute atomic E-state index is 12.5. The number of nitriles is 3. The van der Waals surface area contributed by atoms with E-state index in [1.54, 1.807) is 13.0 Å². The molecule has 0 bridgehead atoms. The summed E-state index contributed by atoms with van der Waals surface area (Å²) in [5, 5.41) is 30.3. The third-order valence-electron chi connectivity index (χ3n) is 6.57. The Labute approximate surface area is 198 Å². The van der Waals surface area contributed by atoms with E-state index in [2.05, 4.69) is 18.2 Å². The molecule has 2 N–H and O–H groups in total. The molecule has 0 unspecified atom stereocenters. The van der Waals surface area contributed by atoms with E-state index in [0.717, 1.165) is 16.7 Å². The summed E-state index contributed by atoms with van der Waals surface area (Å²) in [5.41, 5.74) is 8.16. The number of nitrogens with zero attached hydrogens (tertiary/aromatic N) is 4. The zero-order valence-corrected chi connectivity index (χ0v) is 18.7. The molecule has 1 amide bonds. The van der Waals surface area contributed by atoms with E-state index in [1.165, 1.54) is 4.90 Å². The molecular formula is C27H23N5O2. The van der Waals surface area contributed by atoms with Crippen LogP contribution in [0.15, 0.2) is 77.5 Å². The number of carbonyl (C=O) groups is 1. The van der Waals surface area contributed by atoms with Crippen molar-refractivity contribution in [1.29, 1.82) is 15.8 Å². The summed E-state index contributed by atoms with van der Waals surface area (Å²) < 4.78 is 5.17. The molecule has 168 valence electrons. The number of rotatable bonds is 3. The van der Waals surface area contributed by atoms with Gasteiger partial charge in [-0.25, -0.2) is 4.79 Å². The molecule has 34 heavy (non-hydrogen) atoms. The lowest BCUT2D eigenvalue weighted by Crippen LogP contribution is -2.49. The Kier molecular flexibility index (Phi) is 6.09. The molecule has 7 nitrogen and oxygen atoms in total. The Morgan fingerprint density at radius 3 is 2.32 bits per heavy atom. The number of ether oxygens (including phenoxy) is 1. The smallest absolute Gasteiger partial charge is 0.410 e. The Morgan fingerprint density at radius 2 is 1.74 bits per heavy atom. The van der Waals surface area contributed by atoms with E-state index in [-0.39, 0.29) is 31.0 Å². The first-order valence-corrected chi connectivity index (χ1v) is 11.0. The van der Waals surface area contributed by atoms with Gasteiger partial charge in [0.05, 0.1) is 30.0 Å². The van der Waals surface area contributed by atoms with Gasteiger partial charge in [-0.05, 0) is 29.2 Å². The van der Waals surface area contributed by atoms with Gasteiger partial charge in [-0.15, -0.1) is 0 Å². The van der Waals surface area contributed by atoms with Crippen LogP contribution < -0.4 is 5.73 Å². The van der Waals surface area contributed by atoms with E-state index < -0.39 is 23.3 Å². The normalized spacial score (nSPS) is 20.8. The summed E-state index contributed by atoms with van der Waals surface area (Å²) in [6.07, 6.45) is 1.30. The molecule has 2 aromatic carbocycles. The summed E-state index contributed by atoms with van der Waals surface area (Å²) in [6, 6.07) is 23.9. The number of fused-ring (bicyclic) bond motifs is 1. The molecule has 0 saturated heterocycles. The predicted octanol–water partition coefficient (Wildman–Crippen LogP) is 4.24. The van der Waals surface area contributed by atoms with E-state index in [4.69, 9.17) is 10.5 Å². The molecule has 0 fully saturated rings. The highest BCUT2D eigenvalue weighted by Crippen LogP contribution is 2.54. The first-order valence-electron chi connectivity index (χ1n) is 11.0. The van der Waals surface area contributed by atoms with Gasteiger partial charge < -0.3 is 15.4 Å². The first-order chi connectivity index (χ1) is 16.5. The topological polar surface area (TPSA) is 127 Å². The molecule has 2 atom stereocenters. The molecule has 7 heteroatoms. The van der Waals surface area contributed by atoms with Gasteiger partial charge in [0.15, 0.2) is 5.41 Å². The van der Waals surface area contributed by atoms with Crippen LogP contribution in [0.4, 0.5) is 4.79 Å². The Morgan fingerprint density at radius 1 is 1.09 bits per heavy atom. The third kappa shape index (κ3) is 3.56. The van der Waals surface area contributed by atoms with Gasteiger partial charge in [-0.3, -0.25) is 0 Å². The minimum atomic E-state index is -1.75. The van der Waals surface area contributed by atoms with Gasteiger partial charge in [0, 0.05) is 24.9 Å². The Balaban J connectivity index is 1.85. The highest BCUT2D eigenvalue weighted by molar-refractivity contribution is 5.70. The molecule has 1 aliphatic carbocycles. The zero-order valence-electron chi connectivity index (χ0n) is 18.7. The average molecular weight is 450 g/mol. The predicted molar refractivity (Wildman–Crippen MR) is 125 cm³/mol. The van der Waals surface area contributed by atoms with Crippen LogP contribution in [0.3, 0.4) is 0 Å². The average Bonchev–Trinajstić information content (AvgIpc) is 2.88. The zero-order chi connectivity index (χ0) is 24.3. The summed E-state index contributed by atoms with van der Waals surface area (Å²) >= 11 is 0. The van der Waals surface area contributed by atoms with Gasteiger partial charge in [-0.1, -0.05) is 60.7 Å². The molecule has 0 aromatic heterocycles. The fourth-order valence-electron chi connectivity index (χ4n) is 4.93. The van der Waals surface area contributed by atoms with Gasteiger partial charge in [0.2, 0.25) is 0 Å². The SMILES string of the molecule is CCOC(=O)N1CC=C2C(C#N)=C(N)C(C#N)(C#N)[C@@H](c3ccc(-c4ccccc4)cc3)[C@@H]2C1. The molecule has 0 saturated carbocycles. The second-order valence-electron chi connectivity index (χ2n) is 8.27. The largest absolute Gasteiger partial charge is 0.450 e. The maximum Gasteiger partial charge on any atom is 0.410 e. The van der Waals surface area contributed by atoms with Crippen LogP contribution in [0, 0.1) is 45.3 Å². The van der Waals surface area contributed by atoms with Crippen molar-refractivity contribution in [3.8, 4) is 29.3 Å². The summed E-state index contributed by atoms with van der Waals surface area (Å²) in [6.45, 7) is 2.43. The fraction of sp³-hybridized carbons (Fsp3) is 0.259. The minimum Gasteiger partial charge on any atom is -0.450 e. The Bertz CT molecular complexity index is 1280. The molecule has 2 aliphatic rings. The van der Waals surface area contributed by atoms with Crippen molar-refractivity contribution in [3.63, 3.8) is 0 Å². The van der Waals surface area contributed by atoms with Gasteiger partial charge in [-0.2, -0.15) is 15.8 Å². The van der Waals surface area contributed by atoms with Crippen LogP contribution in [-0.2, 0) is 4.74 Å². The standard InChI is InChI=1S/C27H23N5O2/c1-2-34-26(33)32-13-12-21-22(14-28)25(31)27(16-29,17-30)24(23(21)15-32)20-10-8-19(9-11-20)18-6-4-3-5-7-18/h3-12,23-24H,2,13,15,31H2,1H3/t23-,24+/m1/s1. The van der Waals surface area contributed by atoms with Crippen LogP contribution in [0.25, 0.3) is 11.1 Å². The number of hydrogen-bond donors (Lipinski definition) is 1. The van der Waals surface area contributed by atoms with Crippen molar-refractivity contribution < 1.29 is 9.53 Å². The number of nitrogens with two attached hydrogens (primary N) is 1. The molecule has 2 aromatic rings. The van der Waals surface area contributed by atoms with Gasteiger partial charge in [0.25, 0.3) is 0 Å². The number of hydrogen-bond acceptors (Lipinski definition) is 6. The van der Waals surface area contributed by atoms with Crippen LogP contribution in [0.1, 0.15) is 18.4 Å². The lowest BCUT2D eigenvalue weighted by atomic mass is 9.58. The summed E-state index contributed by atoms with van der Waals surface area (Å²) in [7, 11) is 0. The third-order valence-corrected chi connectivity index (χ3v) is 6.57. The van der Waals surface area contributed by atoms with Crippen molar-refractivity contribution in [3.05, 3.63) is 83.1 Å². The number of amides is 1. The van der Waals surface area contributed by atoms with E-state index >= 15 is 0 Å². The van der Waals surface area contributed by atoms with Gasteiger partial charge >= 0.3 is 6.09 Å². The lowest BCUT2D eigenvalue weighted by molar-refractivity contribution is 0.0999. The summed E-state index contributed by atoms with van der Waals surface area (Å²) in [5.74, 6) is -1.14. The van der Waals surface area contributed by atoms with Crippen LogP contribution in [0.2, 0.25) is 0 Å². The second kappa shape index (κ2) is 9.14. The Hall–Kier alpha value is -4.54. The van der Waals surface area contributed by atoms with Crippen molar-refractivity contribution in [2.45, 2.75) is 12.8 Å². The number of allylic oxidation sites excluding steroid dienone is 2. The highest BCUT2D eigenvalue weighted by atomic mass is 16.6. The second-order valence-corrected chi connectivity index (χ2v) is 8.27. The lowest BCUT2D eigenvalue weighted by Gasteiger charge is -2.45. The maximum atomic E-state index is 12.5.